The Balaban J connectivity index is 1.99. The summed E-state index contributed by atoms with van der Waals surface area (Å²) < 4.78 is 45.2. The summed E-state index contributed by atoms with van der Waals surface area (Å²) in [4.78, 5) is 0. The maximum atomic E-state index is 13.3. The fraction of sp³-hybridized carbons (Fsp3) is 0.538. The van der Waals surface area contributed by atoms with Gasteiger partial charge in [-0.05, 0) is 37.0 Å². The molecule has 0 aliphatic heterocycles. The van der Waals surface area contributed by atoms with Crippen molar-refractivity contribution in [2.45, 2.75) is 37.2 Å². The smallest absolute Gasteiger partial charge is 0.216 e. The molecular formula is C13H17ClFNO3S. The van der Waals surface area contributed by atoms with Crippen molar-refractivity contribution in [2.75, 3.05) is 7.11 Å². The molecule has 1 aliphatic rings. The first-order valence-electron chi connectivity index (χ1n) is 6.36. The van der Waals surface area contributed by atoms with Crippen molar-refractivity contribution in [1.82, 2.24) is 4.72 Å². The van der Waals surface area contributed by atoms with E-state index < -0.39 is 15.8 Å². The summed E-state index contributed by atoms with van der Waals surface area (Å²) in [6, 6.07) is 3.91. The maximum Gasteiger partial charge on any atom is 0.216 e. The van der Waals surface area contributed by atoms with E-state index in [-0.39, 0.29) is 22.9 Å². The van der Waals surface area contributed by atoms with Gasteiger partial charge in [0, 0.05) is 13.2 Å². The molecule has 0 bridgehead atoms. The van der Waals surface area contributed by atoms with E-state index in [9.17, 15) is 12.8 Å². The van der Waals surface area contributed by atoms with E-state index in [2.05, 4.69) is 4.72 Å². The van der Waals surface area contributed by atoms with Crippen molar-refractivity contribution in [3.63, 3.8) is 0 Å². The highest BCUT2D eigenvalue weighted by atomic mass is 35.5. The first-order valence-corrected chi connectivity index (χ1v) is 8.39. The van der Waals surface area contributed by atoms with Crippen LogP contribution in [0.15, 0.2) is 18.2 Å². The molecule has 0 aromatic heterocycles. The molecule has 1 aromatic rings. The quantitative estimate of drug-likeness (QED) is 0.906. The molecular weight excluding hydrogens is 305 g/mol. The van der Waals surface area contributed by atoms with E-state index in [4.69, 9.17) is 16.3 Å². The molecule has 1 N–H and O–H groups in total. The first-order chi connectivity index (χ1) is 9.39. The number of hydrogen-bond acceptors (Lipinski definition) is 3. The molecule has 112 valence electrons. The summed E-state index contributed by atoms with van der Waals surface area (Å²) >= 11 is 5.57. The van der Waals surface area contributed by atoms with Crippen LogP contribution in [0.25, 0.3) is 0 Å². The molecule has 2 rings (SSSR count). The van der Waals surface area contributed by atoms with Gasteiger partial charge in [0.1, 0.15) is 5.82 Å². The molecule has 1 aromatic carbocycles. The minimum Gasteiger partial charge on any atom is -0.381 e. The van der Waals surface area contributed by atoms with Crippen molar-refractivity contribution < 1.29 is 17.5 Å². The monoisotopic (exact) mass is 321 g/mol. The molecule has 1 saturated carbocycles. The SMILES string of the molecule is CO[C@H]1CC[C@@H](NS(=O)(=O)Cc2ccc(Cl)c(F)c2)C1. The highest BCUT2D eigenvalue weighted by Crippen LogP contribution is 2.23. The van der Waals surface area contributed by atoms with Gasteiger partial charge in [0.05, 0.1) is 16.9 Å². The number of halogens is 2. The second kappa shape index (κ2) is 6.39. The fourth-order valence-corrected chi connectivity index (χ4v) is 3.95. The van der Waals surface area contributed by atoms with Crippen LogP contribution < -0.4 is 4.72 Å². The van der Waals surface area contributed by atoms with Crippen LogP contribution in [0.2, 0.25) is 5.02 Å². The second-order valence-electron chi connectivity index (χ2n) is 4.99. The van der Waals surface area contributed by atoms with Gasteiger partial charge in [0.25, 0.3) is 0 Å². The van der Waals surface area contributed by atoms with Crippen LogP contribution >= 0.6 is 11.6 Å². The van der Waals surface area contributed by atoms with E-state index in [1.165, 1.54) is 12.1 Å². The Morgan fingerprint density at radius 2 is 2.20 bits per heavy atom. The van der Waals surface area contributed by atoms with Gasteiger partial charge in [-0.15, -0.1) is 0 Å². The number of nitrogens with one attached hydrogen (secondary N) is 1. The van der Waals surface area contributed by atoms with Crippen LogP contribution in [-0.4, -0.2) is 27.7 Å². The van der Waals surface area contributed by atoms with Gasteiger partial charge < -0.3 is 4.74 Å². The lowest BCUT2D eigenvalue weighted by atomic mass is 10.2. The van der Waals surface area contributed by atoms with E-state index in [0.29, 0.717) is 12.0 Å². The zero-order chi connectivity index (χ0) is 14.8. The first kappa shape index (κ1) is 15.7. The lowest BCUT2D eigenvalue weighted by molar-refractivity contribution is 0.107. The van der Waals surface area contributed by atoms with Gasteiger partial charge >= 0.3 is 0 Å². The van der Waals surface area contributed by atoms with Crippen LogP contribution in [0.5, 0.6) is 0 Å². The van der Waals surface area contributed by atoms with Gasteiger partial charge in [0.2, 0.25) is 10.0 Å². The molecule has 0 amide bonds. The number of sulfonamides is 1. The van der Waals surface area contributed by atoms with Gasteiger partial charge in [-0.2, -0.15) is 0 Å². The fourth-order valence-electron chi connectivity index (χ4n) is 2.41. The Morgan fingerprint density at radius 3 is 2.80 bits per heavy atom. The molecule has 20 heavy (non-hydrogen) atoms. The molecule has 0 unspecified atom stereocenters. The van der Waals surface area contributed by atoms with Gasteiger partial charge in [-0.3, -0.25) is 0 Å². The molecule has 0 spiro atoms. The van der Waals surface area contributed by atoms with Crippen LogP contribution in [0.1, 0.15) is 24.8 Å². The summed E-state index contributed by atoms with van der Waals surface area (Å²) in [6.45, 7) is 0. The average molecular weight is 322 g/mol. The summed E-state index contributed by atoms with van der Waals surface area (Å²) in [5, 5.41) is -0.0159. The molecule has 2 atom stereocenters. The van der Waals surface area contributed by atoms with Crippen molar-refractivity contribution >= 4 is 21.6 Å². The third kappa shape index (κ3) is 4.15. The van der Waals surface area contributed by atoms with Crippen molar-refractivity contribution in [3.05, 3.63) is 34.6 Å². The number of rotatable bonds is 5. The third-order valence-electron chi connectivity index (χ3n) is 3.40. The van der Waals surface area contributed by atoms with Gasteiger partial charge in [0.15, 0.2) is 0 Å². The topological polar surface area (TPSA) is 55.4 Å². The predicted molar refractivity (Wildman–Crippen MR) is 75.6 cm³/mol. The van der Waals surface area contributed by atoms with Crippen LogP contribution in [0.4, 0.5) is 4.39 Å². The minimum absolute atomic E-state index is 0.0159. The van der Waals surface area contributed by atoms with Crippen molar-refractivity contribution in [3.8, 4) is 0 Å². The third-order valence-corrected chi connectivity index (χ3v) is 5.12. The van der Waals surface area contributed by atoms with Crippen molar-refractivity contribution in [1.29, 1.82) is 0 Å². The second-order valence-corrected chi connectivity index (χ2v) is 7.15. The lowest BCUT2D eigenvalue weighted by Gasteiger charge is -2.13. The number of ether oxygens (including phenoxy) is 1. The molecule has 1 aliphatic carbocycles. The number of benzene rings is 1. The Labute approximate surface area is 123 Å². The normalized spacial score (nSPS) is 23.1. The number of hydrogen-bond donors (Lipinski definition) is 1. The molecule has 7 heteroatoms. The van der Waals surface area contributed by atoms with Gasteiger partial charge in [-0.1, -0.05) is 17.7 Å². The summed E-state index contributed by atoms with van der Waals surface area (Å²) in [6.07, 6.45) is 2.38. The Kier molecular flexibility index (Phi) is 5.01. The van der Waals surface area contributed by atoms with Crippen LogP contribution in [0.3, 0.4) is 0 Å². The molecule has 0 saturated heterocycles. The zero-order valence-corrected chi connectivity index (χ0v) is 12.7. The number of methoxy groups -OCH3 is 1. The molecule has 0 radical (unpaired) electrons. The molecule has 1 fully saturated rings. The highest BCUT2D eigenvalue weighted by molar-refractivity contribution is 7.88. The molecule has 0 heterocycles. The van der Waals surface area contributed by atoms with E-state index in [1.807, 2.05) is 0 Å². The summed E-state index contributed by atoms with van der Waals surface area (Å²) in [5.41, 5.74) is 0.376. The summed E-state index contributed by atoms with van der Waals surface area (Å²) in [7, 11) is -1.87. The Bertz CT molecular complexity index is 579. The lowest BCUT2D eigenvalue weighted by Crippen LogP contribution is -2.34. The average Bonchev–Trinajstić information content (AvgIpc) is 2.80. The van der Waals surface area contributed by atoms with Crippen molar-refractivity contribution in [2.24, 2.45) is 0 Å². The largest absolute Gasteiger partial charge is 0.381 e. The summed E-state index contributed by atoms with van der Waals surface area (Å²) in [5.74, 6) is -0.866. The van der Waals surface area contributed by atoms with E-state index in [0.717, 1.165) is 18.9 Å². The van der Waals surface area contributed by atoms with E-state index >= 15 is 0 Å². The maximum absolute atomic E-state index is 13.3. The Hall–Kier alpha value is -0.690. The van der Waals surface area contributed by atoms with Gasteiger partial charge in [-0.25, -0.2) is 17.5 Å². The highest BCUT2D eigenvalue weighted by Gasteiger charge is 2.28. The van der Waals surface area contributed by atoms with E-state index in [1.54, 1.807) is 7.11 Å². The predicted octanol–water partition coefficient (Wildman–Crippen LogP) is 2.47. The standard InChI is InChI=1S/C13H17ClFNO3S/c1-19-11-4-3-10(7-11)16-20(17,18)8-9-2-5-12(14)13(15)6-9/h2,5-6,10-11,16H,3-4,7-8H2,1H3/t10-,11+/m1/s1. The molecule has 4 nitrogen and oxygen atoms in total. The van der Waals surface area contributed by atoms with Crippen LogP contribution in [-0.2, 0) is 20.5 Å². The zero-order valence-electron chi connectivity index (χ0n) is 11.1. The Morgan fingerprint density at radius 1 is 1.45 bits per heavy atom. The van der Waals surface area contributed by atoms with Crippen LogP contribution in [0, 0.1) is 5.82 Å². The minimum atomic E-state index is -3.49.